The van der Waals surface area contributed by atoms with E-state index in [0.717, 1.165) is 34.5 Å². The van der Waals surface area contributed by atoms with Crippen LogP contribution in [0.2, 0.25) is 0 Å². The van der Waals surface area contributed by atoms with E-state index in [2.05, 4.69) is 22.5 Å². The molecular weight excluding hydrogens is 410 g/mol. The summed E-state index contributed by atoms with van der Waals surface area (Å²) >= 11 is 0. The Kier molecular flexibility index (Phi) is 4.61. The average Bonchev–Trinajstić information content (AvgIpc) is 3.20. The number of carbonyl (C=O) groups is 1. The largest absolute Gasteiger partial charge is 0.343 e. The maximum Gasteiger partial charge on any atom is 0.277 e. The molecule has 162 valence electrons. The zero-order chi connectivity index (χ0) is 22.4. The van der Waals surface area contributed by atoms with Gasteiger partial charge in [-0.05, 0) is 35.6 Å². The Labute approximate surface area is 191 Å². The molecule has 2 N–H and O–H groups in total. The number of allylic oxidation sites excluding steroid dienone is 2. The molecule has 0 radical (unpaired) electrons. The van der Waals surface area contributed by atoms with Crippen molar-refractivity contribution in [2.24, 2.45) is 0 Å². The number of benzene rings is 3. The van der Waals surface area contributed by atoms with Crippen LogP contribution in [-0.2, 0) is 4.79 Å². The van der Waals surface area contributed by atoms with Gasteiger partial charge in [-0.2, -0.15) is 0 Å². The molecule has 1 aliphatic carbocycles. The van der Waals surface area contributed by atoms with Gasteiger partial charge in [-0.15, -0.1) is 0 Å². The van der Waals surface area contributed by atoms with E-state index in [1.807, 2.05) is 78.9 Å². The van der Waals surface area contributed by atoms with Gasteiger partial charge in [0.25, 0.3) is 5.56 Å². The SMILES string of the molecule is O=C1C[C@H](c2ccccc2)CC2=C1[C@@H](c1ccccc1)c1c([nH]n(-c3ccccc3)c1=O)N2. The number of rotatable bonds is 3. The lowest BCUT2D eigenvalue weighted by atomic mass is 9.73. The van der Waals surface area contributed by atoms with Crippen LogP contribution < -0.4 is 10.9 Å². The fourth-order valence-corrected chi connectivity index (χ4v) is 5.19. The van der Waals surface area contributed by atoms with E-state index in [1.165, 1.54) is 0 Å². The first-order valence-corrected chi connectivity index (χ1v) is 11.2. The minimum absolute atomic E-state index is 0.101. The van der Waals surface area contributed by atoms with Gasteiger partial charge in [-0.25, -0.2) is 4.68 Å². The van der Waals surface area contributed by atoms with Crippen LogP contribution in [0.4, 0.5) is 5.82 Å². The van der Waals surface area contributed by atoms with Gasteiger partial charge in [0.15, 0.2) is 5.78 Å². The predicted octanol–water partition coefficient (Wildman–Crippen LogP) is 5.12. The van der Waals surface area contributed by atoms with Crippen molar-refractivity contribution in [3.63, 3.8) is 0 Å². The highest BCUT2D eigenvalue weighted by Gasteiger charge is 2.41. The summed E-state index contributed by atoms with van der Waals surface area (Å²) in [6, 6.07) is 29.6. The zero-order valence-electron chi connectivity index (χ0n) is 18.0. The number of ketones is 1. The molecule has 0 saturated heterocycles. The van der Waals surface area contributed by atoms with Crippen molar-refractivity contribution in [1.29, 1.82) is 0 Å². The van der Waals surface area contributed by atoms with Crippen molar-refractivity contribution in [3.05, 3.63) is 129 Å². The predicted molar refractivity (Wildman–Crippen MR) is 129 cm³/mol. The zero-order valence-corrected chi connectivity index (χ0v) is 18.0. The number of fused-ring (bicyclic) bond motifs is 1. The number of anilines is 1. The minimum atomic E-state index is -0.393. The van der Waals surface area contributed by atoms with Crippen LogP contribution in [-0.4, -0.2) is 15.6 Å². The molecular formula is C28H23N3O2. The van der Waals surface area contributed by atoms with Gasteiger partial charge in [-0.3, -0.25) is 14.7 Å². The van der Waals surface area contributed by atoms with Crippen LogP contribution in [0.15, 0.2) is 107 Å². The summed E-state index contributed by atoms with van der Waals surface area (Å²) in [5.41, 5.74) is 4.96. The van der Waals surface area contributed by atoms with Crippen LogP contribution in [0.1, 0.15) is 41.4 Å². The van der Waals surface area contributed by atoms with Crippen molar-refractivity contribution < 1.29 is 4.79 Å². The molecule has 1 aliphatic heterocycles. The Bertz CT molecular complexity index is 1420. The molecule has 0 saturated carbocycles. The van der Waals surface area contributed by atoms with Crippen molar-refractivity contribution in [3.8, 4) is 5.69 Å². The number of aromatic nitrogens is 2. The van der Waals surface area contributed by atoms with Gasteiger partial charge in [0.05, 0.1) is 11.3 Å². The number of carbonyl (C=O) groups excluding carboxylic acids is 1. The van der Waals surface area contributed by atoms with E-state index in [-0.39, 0.29) is 17.3 Å². The second kappa shape index (κ2) is 7.78. The lowest BCUT2D eigenvalue weighted by Crippen LogP contribution is -2.32. The van der Waals surface area contributed by atoms with E-state index in [4.69, 9.17) is 0 Å². The molecule has 2 aliphatic rings. The second-order valence-corrected chi connectivity index (χ2v) is 8.68. The maximum absolute atomic E-state index is 13.6. The molecule has 6 rings (SSSR count). The number of aromatic amines is 1. The summed E-state index contributed by atoms with van der Waals surface area (Å²) in [6.07, 6.45) is 1.17. The van der Waals surface area contributed by atoms with Crippen molar-refractivity contribution in [1.82, 2.24) is 9.78 Å². The highest BCUT2D eigenvalue weighted by Crippen LogP contribution is 2.46. The normalized spacial score (nSPS) is 19.6. The van der Waals surface area contributed by atoms with E-state index >= 15 is 0 Å². The Balaban J connectivity index is 1.51. The molecule has 2 heterocycles. The molecule has 0 spiro atoms. The van der Waals surface area contributed by atoms with Gasteiger partial charge in [-0.1, -0.05) is 78.9 Å². The molecule has 0 fully saturated rings. The average molecular weight is 434 g/mol. The molecule has 4 aromatic rings. The van der Waals surface area contributed by atoms with Crippen LogP contribution in [0, 0.1) is 0 Å². The van der Waals surface area contributed by atoms with E-state index in [0.29, 0.717) is 17.8 Å². The first kappa shape index (κ1) is 19.6. The smallest absolute Gasteiger partial charge is 0.277 e. The monoisotopic (exact) mass is 433 g/mol. The number of hydrogen-bond acceptors (Lipinski definition) is 3. The third-order valence-corrected chi connectivity index (χ3v) is 6.71. The van der Waals surface area contributed by atoms with Gasteiger partial charge in [0.2, 0.25) is 0 Å². The summed E-state index contributed by atoms with van der Waals surface area (Å²) in [7, 11) is 0. The van der Waals surface area contributed by atoms with Gasteiger partial charge >= 0.3 is 0 Å². The van der Waals surface area contributed by atoms with Crippen LogP contribution in [0.3, 0.4) is 0 Å². The summed E-state index contributed by atoms with van der Waals surface area (Å²) in [5, 5.41) is 6.71. The van der Waals surface area contributed by atoms with Gasteiger partial charge in [0, 0.05) is 23.6 Å². The highest BCUT2D eigenvalue weighted by atomic mass is 16.1. The number of Topliss-reactive ketones (excluding diaryl/α,β-unsaturated/α-hetero) is 1. The maximum atomic E-state index is 13.6. The molecule has 1 aromatic heterocycles. The molecule has 2 atom stereocenters. The number of H-pyrrole nitrogens is 1. The summed E-state index contributed by atoms with van der Waals surface area (Å²) in [4.78, 5) is 27.2. The number of hydrogen-bond donors (Lipinski definition) is 2. The fourth-order valence-electron chi connectivity index (χ4n) is 5.19. The Morgan fingerprint density at radius 1 is 0.727 bits per heavy atom. The summed E-state index contributed by atoms with van der Waals surface area (Å²) in [6.45, 7) is 0. The lowest BCUT2D eigenvalue weighted by Gasteiger charge is -2.34. The van der Waals surface area contributed by atoms with E-state index in [1.54, 1.807) is 4.68 Å². The van der Waals surface area contributed by atoms with Crippen molar-refractivity contribution >= 4 is 11.6 Å². The Morgan fingerprint density at radius 3 is 2.00 bits per heavy atom. The van der Waals surface area contributed by atoms with Crippen molar-refractivity contribution in [2.75, 3.05) is 5.32 Å². The Hall–Kier alpha value is -4.12. The molecule has 33 heavy (non-hydrogen) atoms. The number of nitrogens with zero attached hydrogens (tertiary/aromatic N) is 1. The quantitative estimate of drug-likeness (QED) is 0.471. The van der Waals surface area contributed by atoms with E-state index in [9.17, 15) is 9.59 Å². The molecule has 5 nitrogen and oxygen atoms in total. The number of nitrogens with one attached hydrogen (secondary N) is 2. The topological polar surface area (TPSA) is 66.9 Å². The fraction of sp³-hybridized carbons (Fsp3) is 0.143. The molecule has 5 heteroatoms. The number of para-hydroxylation sites is 1. The van der Waals surface area contributed by atoms with E-state index < -0.39 is 5.92 Å². The lowest BCUT2D eigenvalue weighted by molar-refractivity contribution is -0.116. The Morgan fingerprint density at radius 2 is 1.33 bits per heavy atom. The third-order valence-electron chi connectivity index (χ3n) is 6.71. The van der Waals surface area contributed by atoms with Gasteiger partial charge in [0.1, 0.15) is 5.82 Å². The van der Waals surface area contributed by atoms with Crippen LogP contribution in [0.25, 0.3) is 5.69 Å². The molecule has 3 aromatic carbocycles. The highest BCUT2D eigenvalue weighted by molar-refractivity contribution is 6.01. The first-order chi connectivity index (χ1) is 16.2. The summed E-state index contributed by atoms with van der Waals surface area (Å²) in [5.74, 6) is 0.489. The molecule has 0 unspecified atom stereocenters. The van der Waals surface area contributed by atoms with Crippen LogP contribution in [0.5, 0.6) is 0 Å². The van der Waals surface area contributed by atoms with Crippen molar-refractivity contribution in [2.45, 2.75) is 24.7 Å². The second-order valence-electron chi connectivity index (χ2n) is 8.68. The third kappa shape index (κ3) is 3.24. The molecule has 0 bridgehead atoms. The summed E-state index contributed by atoms with van der Waals surface area (Å²) < 4.78 is 1.56. The standard InChI is InChI=1S/C28H23N3O2/c32-23-17-20(18-10-4-1-5-11-18)16-22-25(23)24(19-12-6-2-7-13-19)26-27(29-22)30-31(28(26)33)21-14-8-3-9-15-21/h1-15,20,24,29-30H,16-17H2/t20-,24-/m1/s1. The minimum Gasteiger partial charge on any atom is -0.343 e. The molecule has 0 amide bonds. The van der Waals surface area contributed by atoms with Crippen LogP contribution >= 0.6 is 0 Å². The van der Waals surface area contributed by atoms with Gasteiger partial charge < -0.3 is 5.32 Å². The first-order valence-electron chi connectivity index (χ1n) is 11.2.